The number of nitrogens with two attached hydrogens (primary N) is 1. The maximum Gasteiger partial charge on any atom is 0.573 e. The van der Waals surface area contributed by atoms with Crippen molar-refractivity contribution >= 4 is 17.8 Å². The third-order valence-corrected chi connectivity index (χ3v) is 3.51. The first kappa shape index (κ1) is 18.3. The van der Waals surface area contributed by atoms with Crippen LogP contribution < -0.4 is 15.2 Å². The molecule has 0 saturated heterocycles. The SMILES string of the molecule is COc1cc(N)ccc1C=Cc1ncn(-c2ccc(OC(F)(F)F)cc2)n1. The first-order valence-electron chi connectivity index (χ1n) is 7.73. The first-order valence-corrected chi connectivity index (χ1v) is 7.73. The predicted molar refractivity (Wildman–Crippen MR) is 94.4 cm³/mol. The maximum absolute atomic E-state index is 12.2. The lowest BCUT2D eigenvalue weighted by atomic mass is 10.1. The van der Waals surface area contributed by atoms with Crippen LogP contribution in [-0.2, 0) is 0 Å². The Morgan fingerprint density at radius 2 is 1.81 bits per heavy atom. The van der Waals surface area contributed by atoms with Gasteiger partial charge < -0.3 is 15.2 Å². The number of hydrogen-bond donors (Lipinski definition) is 1. The van der Waals surface area contributed by atoms with E-state index < -0.39 is 6.36 Å². The number of benzene rings is 2. The topological polar surface area (TPSA) is 75.2 Å². The second-order valence-electron chi connectivity index (χ2n) is 5.42. The summed E-state index contributed by atoms with van der Waals surface area (Å²) in [5.41, 5.74) is 7.65. The molecule has 0 unspecified atom stereocenters. The molecule has 27 heavy (non-hydrogen) atoms. The number of halogens is 3. The van der Waals surface area contributed by atoms with E-state index >= 15 is 0 Å². The zero-order chi connectivity index (χ0) is 19.4. The number of nitrogen functional groups attached to an aromatic ring is 1. The average molecular weight is 376 g/mol. The zero-order valence-electron chi connectivity index (χ0n) is 14.1. The molecule has 0 amide bonds. The van der Waals surface area contributed by atoms with Crippen LogP contribution in [0.2, 0.25) is 0 Å². The van der Waals surface area contributed by atoms with Crippen molar-refractivity contribution in [3.63, 3.8) is 0 Å². The molecule has 2 aromatic carbocycles. The third-order valence-electron chi connectivity index (χ3n) is 3.51. The van der Waals surface area contributed by atoms with E-state index in [2.05, 4.69) is 14.8 Å². The van der Waals surface area contributed by atoms with E-state index in [1.54, 1.807) is 37.5 Å². The van der Waals surface area contributed by atoms with Crippen LogP contribution in [0.5, 0.6) is 11.5 Å². The van der Waals surface area contributed by atoms with Crippen molar-refractivity contribution in [2.75, 3.05) is 12.8 Å². The predicted octanol–water partition coefficient (Wildman–Crippen LogP) is 3.93. The molecule has 0 saturated carbocycles. The molecule has 1 heterocycles. The van der Waals surface area contributed by atoms with Gasteiger partial charge in [-0.1, -0.05) is 0 Å². The van der Waals surface area contributed by atoms with Crippen molar-refractivity contribution in [1.82, 2.24) is 14.8 Å². The highest BCUT2D eigenvalue weighted by atomic mass is 19.4. The number of alkyl halides is 3. The second kappa shape index (κ2) is 7.40. The molecule has 0 bridgehead atoms. The van der Waals surface area contributed by atoms with Gasteiger partial charge in [0.1, 0.15) is 17.8 Å². The van der Waals surface area contributed by atoms with Crippen LogP contribution in [0.3, 0.4) is 0 Å². The molecule has 0 radical (unpaired) electrons. The number of methoxy groups -OCH3 is 1. The summed E-state index contributed by atoms with van der Waals surface area (Å²) in [5.74, 6) is 0.734. The monoisotopic (exact) mass is 376 g/mol. The summed E-state index contributed by atoms with van der Waals surface area (Å²) in [6.07, 6.45) is 0.194. The molecule has 2 N–H and O–H groups in total. The normalized spacial score (nSPS) is 11.7. The lowest BCUT2D eigenvalue weighted by molar-refractivity contribution is -0.274. The van der Waals surface area contributed by atoms with Gasteiger partial charge in [0.25, 0.3) is 0 Å². The van der Waals surface area contributed by atoms with E-state index in [0.29, 0.717) is 22.9 Å². The fourth-order valence-corrected chi connectivity index (χ4v) is 2.31. The van der Waals surface area contributed by atoms with Crippen molar-refractivity contribution in [2.45, 2.75) is 6.36 Å². The van der Waals surface area contributed by atoms with Crippen molar-refractivity contribution in [3.05, 3.63) is 60.2 Å². The molecule has 9 heteroatoms. The van der Waals surface area contributed by atoms with Gasteiger partial charge in [0.2, 0.25) is 0 Å². The maximum atomic E-state index is 12.2. The van der Waals surface area contributed by atoms with Crippen LogP contribution in [0.1, 0.15) is 11.4 Å². The Labute approximate surface area is 152 Å². The standard InChI is InChI=1S/C18H15F3N4O2/c1-26-16-10-13(22)4-2-12(16)3-9-17-23-11-25(24-17)14-5-7-15(8-6-14)27-18(19,20)21/h2-11H,22H2,1H3. The van der Waals surface area contributed by atoms with Gasteiger partial charge in [-0.15, -0.1) is 18.3 Å². The fourth-order valence-electron chi connectivity index (χ4n) is 2.31. The highest BCUT2D eigenvalue weighted by Crippen LogP contribution is 2.24. The molecule has 0 aliphatic rings. The van der Waals surface area contributed by atoms with Gasteiger partial charge in [-0.3, -0.25) is 0 Å². The van der Waals surface area contributed by atoms with Crippen LogP contribution in [0.25, 0.3) is 17.8 Å². The highest BCUT2D eigenvalue weighted by Gasteiger charge is 2.30. The molecule has 1 aromatic heterocycles. The van der Waals surface area contributed by atoms with Gasteiger partial charge in [-0.05, 0) is 48.6 Å². The molecular weight excluding hydrogens is 361 g/mol. The minimum absolute atomic E-state index is 0.304. The number of aromatic nitrogens is 3. The van der Waals surface area contributed by atoms with Gasteiger partial charge >= 0.3 is 6.36 Å². The number of hydrogen-bond acceptors (Lipinski definition) is 5. The minimum atomic E-state index is -4.73. The van der Waals surface area contributed by atoms with Gasteiger partial charge in [-0.2, -0.15) is 0 Å². The summed E-state index contributed by atoms with van der Waals surface area (Å²) in [6, 6.07) is 10.6. The number of anilines is 1. The zero-order valence-corrected chi connectivity index (χ0v) is 14.1. The highest BCUT2D eigenvalue weighted by molar-refractivity contribution is 5.71. The van der Waals surface area contributed by atoms with E-state index in [1.165, 1.54) is 35.3 Å². The fraction of sp³-hybridized carbons (Fsp3) is 0.111. The Bertz CT molecular complexity index is 950. The molecule has 0 atom stereocenters. The molecule has 0 aliphatic heterocycles. The average Bonchev–Trinajstić information content (AvgIpc) is 3.09. The summed E-state index contributed by atoms with van der Waals surface area (Å²) in [7, 11) is 1.55. The molecule has 3 rings (SSSR count). The Morgan fingerprint density at radius 3 is 2.48 bits per heavy atom. The summed E-state index contributed by atoms with van der Waals surface area (Å²) in [5, 5.41) is 4.26. The number of ether oxygens (including phenoxy) is 2. The first-order chi connectivity index (χ1) is 12.8. The Morgan fingerprint density at radius 1 is 1.07 bits per heavy atom. The van der Waals surface area contributed by atoms with Crippen LogP contribution in [0.15, 0.2) is 48.8 Å². The lowest BCUT2D eigenvalue weighted by Crippen LogP contribution is -2.17. The van der Waals surface area contributed by atoms with Gasteiger partial charge in [-0.25, -0.2) is 9.67 Å². The Hall–Kier alpha value is -3.49. The van der Waals surface area contributed by atoms with Crippen molar-refractivity contribution in [2.24, 2.45) is 0 Å². The molecule has 0 aliphatic carbocycles. The van der Waals surface area contributed by atoms with Crippen LogP contribution >= 0.6 is 0 Å². The number of rotatable bonds is 5. The molecule has 3 aromatic rings. The van der Waals surface area contributed by atoms with Crippen LogP contribution in [-0.4, -0.2) is 28.2 Å². The van der Waals surface area contributed by atoms with Crippen LogP contribution in [0.4, 0.5) is 18.9 Å². The van der Waals surface area contributed by atoms with Gasteiger partial charge in [0.15, 0.2) is 5.82 Å². The quantitative estimate of drug-likeness (QED) is 0.683. The van der Waals surface area contributed by atoms with E-state index in [4.69, 9.17) is 10.5 Å². The summed E-state index contributed by atoms with van der Waals surface area (Å²) < 4.78 is 47.1. The second-order valence-corrected chi connectivity index (χ2v) is 5.42. The molecular formula is C18H15F3N4O2. The minimum Gasteiger partial charge on any atom is -0.496 e. The largest absolute Gasteiger partial charge is 0.573 e. The lowest BCUT2D eigenvalue weighted by Gasteiger charge is -2.09. The smallest absolute Gasteiger partial charge is 0.496 e. The molecule has 0 spiro atoms. The third kappa shape index (κ3) is 4.78. The summed E-state index contributed by atoms with van der Waals surface area (Å²) >= 11 is 0. The van der Waals surface area contributed by atoms with Gasteiger partial charge in [0, 0.05) is 17.3 Å². The van der Waals surface area contributed by atoms with E-state index in [0.717, 1.165) is 5.56 Å². The van der Waals surface area contributed by atoms with Crippen molar-refractivity contribution in [1.29, 1.82) is 0 Å². The van der Waals surface area contributed by atoms with Crippen molar-refractivity contribution < 1.29 is 22.6 Å². The molecule has 0 fully saturated rings. The Balaban J connectivity index is 1.75. The summed E-state index contributed by atoms with van der Waals surface area (Å²) in [6.45, 7) is 0. The van der Waals surface area contributed by atoms with Gasteiger partial charge in [0.05, 0.1) is 12.8 Å². The molecule has 6 nitrogen and oxygen atoms in total. The summed E-state index contributed by atoms with van der Waals surface area (Å²) in [4.78, 5) is 4.15. The van der Waals surface area contributed by atoms with Crippen LogP contribution in [0, 0.1) is 0 Å². The Kier molecular flexibility index (Phi) is 5.02. The van der Waals surface area contributed by atoms with E-state index in [-0.39, 0.29) is 5.75 Å². The van der Waals surface area contributed by atoms with E-state index in [9.17, 15) is 13.2 Å². The molecule has 140 valence electrons. The van der Waals surface area contributed by atoms with Crippen molar-refractivity contribution in [3.8, 4) is 17.2 Å². The van der Waals surface area contributed by atoms with E-state index in [1.807, 2.05) is 0 Å². The number of nitrogens with zero attached hydrogens (tertiary/aromatic N) is 3.